The van der Waals surface area contributed by atoms with Crippen LogP contribution in [-0.2, 0) is 4.79 Å². The van der Waals surface area contributed by atoms with Gasteiger partial charge in [0.15, 0.2) is 0 Å². The zero-order valence-corrected chi connectivity index (χ0v) is 16.6. The van der Waals surface area contributed by atoms with E-state index in [2.05, 4.69) is 21.4 Å². The third-order valence-corrected chi connectivity index (χ3v) is 6.02. The summed E-state index contributed by atoms with van der Waals surface area (Å²) in [7, 11) is 0. The van der Waals surface area contributed by atoms with Gasteiger partial charge in [-0.2, -0.15) is 0 Å². The van der Waals surface area contributed by atoms with Crippen LogP contribution in [0.3, 0.4) is 0 Å². The molecule has 0 aliphatic carbocycles. The average molecular weight is 442 g/mol. The zero-order chi connectivity index (χ0) is 18.8. The van der Waals surface area contributed by atoms with Crippen LogP contribution in [0, 0.1) is 0 Å². The highest BCUT2D eigenvalue weighted by Gasteiger charge is 2.34. The molecule has 0 bridgehead atoms. The van der Waals surface area contributed by atoms with Crippen molar-refractivity contribution in [2.45, 2.75) is 5.37 Å². The molecule has 1 N–H and O–H groups in total. The first-order valence-corrected chi connectivity index (χ1v) is 10.2. The molecule has 27 heavy (non-hydrogen) atoms. The smallest absolute Gasteiger partial charge is 0.269 e. The molecule has 3 aromatic rings. The molecule has 2 aromatic carbocycles. The van der Waals surface area contributed by atoms with Crippen LogP contribution in [-0.4, -0.2) is 27.1 Å². The number of rotatable bonds is 4. The fraction of sp³-hybridized carbons (Fsp3) is 0.100. The van der Waals surface area contributed by atoms with Crippen molar-refractivity contribution in [3.63, 3.8) is 0 Å². The molecule has 1 atom stereocenters. The molecule has 2 heterocycles. The lowest BCUT2D eigenvalue weighted by Crippen LogP contribution is -2.44. The number of hydrogen-bond donors (Lipinski definition) is 1. The number of carbonyl (C=O) groups excluding carboxylic acids is 2. The average Bonchev–Trinajstić information content (AvgIpc) is 3.34. The van der Waals surface area contributed by atoms with E-state index in [1.54, 1.807) is 12.1 Å². The van der Waals surface area contributed by atoms with Crippen LogP contribution in [0.15, 0.2) is 77.5 Å². The molecule has 1 aliphatic heterocycles. The van der Waals surface area contributed by atoms with Crippen molar-refractivity contribution >= 4 is 39.5 Å². The van der Waals surface area contributed by atoms with Gasteiger partial charge in [-0.25, -0.2) is 5.01 Å². The monoisotopic (exact) mass is 441 g/mol. The maximum absolute atomic E-state index is 12.6. The molecule has 2 amide bonds. The Bertz CT molecular complexity index is 956. The molecular weight excluding hydrogens is 426 g/mol. The van der Waals surface area contributed by atoms with E-state index >= 15 is 0 Å². The van der Waals surface area contributed by atoms with E-state index in [1.165, 1.54) is 16.8 Å². The lowest BCUT2D eigenvalue weighted by molar-refractivity contribution is -0.130. The van der Waals surface area contributed by atoms with E-state index in [0.717, 1.165) is 15.7 Å². The van der Waals surface area contributed by atoms with Crippen molar-refractivity contribution in [1.29, 1.82) is 0 Å². The van der Waals surface area contributed by atoms with Gasteiger partial charge in [0, 0.05) is 28.1 Å². The van der Waals surface area contributed by atoms with Crippen LogP contribution in [0.2, 0.25) is 0 Å². The molecular formula is C20H16BrN3O2S. The van der Waals surface area contributed by atoms with E-state index in [9.17, 15) is 9.59 Å². The highest BCUT2D eigenvalue weighted by atomic mass is 79.9. The molecule has 1 saturated heterocycles. The summed E-state index contributed by atoms with van der Waals surface area (Å²) in [5.41, 5.74) is 5.21. The van der Waals surface area contributed by atoms with Crippen molar-refractivity contribution in [3.05, 3.63) is 88.7 Å². The van der Waals surface area contributed by atoms with Crippen LogP contribution >= 0.6 is 27.7 Å². The molecule has 1 fully saturated rings. The van der Waals surface area contributed by atoms with Gasteiger partial charge in [-0.05, 0) is 54.1 Å². The lowest BCUT2D eigenvalue weighted by atomic mass is 10.2. The topological polar surface area (TPSA) is 54.3 Å². The molecule has 1 aromatic heterocycles. The first-order chi connectivity index (χ1) is 13.1. The fourth-order valence-electron chi connectivity index (χ4n) is 2.88. The Morgan fingerprint density at radius 2 is 1.70 bits per heavy atom. The van der Waals surface area contributed by atoms with E-state index in [-0.39, 0.29) is 17.2 Å². The summed E-state index contributed by atoms with van der Waals surface area (Å²) in [6.07, 6.45) is 3.88. The summed E-state index contributed by atoms with van der Waals surface area (Å²) in [6, 6.07) is 18.9. The van der Waals surface area contributed by atoms with Crippen molar-refractivity contribution in [3.8, 4) is 5.69 Å². The number of hydrogen-bond acceptors (Lipinski definition) is 3. The van der Waals surface area contributed by atoms with E-state index < -0.39 is 0 Å². The van der Waals surface area contributed by atoms with Gasteiger partial charge in [-0.3, -0.25) is 15.0 Å². The third-order valence-electron chi connectivity index (χ3n) is 4.28. The van der Waals surface area contributed by atoms with E-state index in [4.69, 9.17) is 0 Å². The van der Waals surface area contributed by atoms with Crippen molar-refractivity contribution in [1.82, 2.24) is 15.0 Å². The minimum atomic E-state index is -0.299. The van der Waals surface area contributed by atoms with E-state index in [1.807, 2.05) is 65.5 Å². The van der Waals surface area contributed by atoms with Gasteiger partial charge >= 0.3 is 0 Å². The maximum Gasteiger partial charge on any atom is 0.269 e. The predicted octanol–water partition coefficient (Wildman–Crippen LogP) is 4.16. The number of amides is 2. The summed E-state index contributed by atoms with van der Waals surface area (Å²) in [5.74, 6) is -0.0645. The highest BCUT2D eigenvalue weighted by molar-refractivity contribution is 9.10. The Balaban J connectivity index is 1.50. The highest BCUT2D eigenvalue weighted by Crippen LogP contribution is 2.37. The number of halogens is 1. The van der Waals surface area contributed by atoms with Crippen molar-refractivity contribution in [2.24, 2.45) is 0 Å². The van der Waals surface area contributed by atoms with Gasteiger partial charge in [0.2, 0.25) is 0 Å². The molecule has 5 nitrogen and oxygen atoms in total. The van der Waals surface area contributed by atoms with Crippen molar-refractivity contribution < 1.29 is 9.59 Å². The summed E-state index contributed by atoms with van der Waals surface area (Å²) in [6.45, 7) is 0. The summed E-state index contributed by atoms with van der Waals surface area (Å²) in [5, 5.41) is 1.20. The second-order valence-corrected chi connectivity index (χ2v) is 8.04. The van der Waals surface area contributed by atoms with Gasteiger partial charge in [0.25, 0.3) is 11.8 Å². The van der Waals surface area contributed by atoms with Crippen LogP contribution in [0.1, 0.15) is 21.3 Å². The van der Waals surface area contributed by atoms with Crippen LogP contribution in [0.5, 0.6) is 0 Å². The summed E-state index contributed by atoms with van der Waals surface area (Å²) in [4.78, 5) is 24.9. The van der Waals surface area contributed by atoms with Crippen LogP contribution in [0.25, 0.3) is 5.69 Å². The molecule has 0 saturated carbocycles. The fourth-order valence-corrected chi connectivity index (χ4v) is 4.26. The molecule has 136 valence electrons. The van der Waals surface area contributed by atoms with Crippen molar-refractivity contribution in [2.75, 3.05) is 5.75 Å². The standard InChI is InChI=1S/C20H16BrN3O2S/c21-16-7-3-15(4-8-16)20-24(18(25)13-27-20)22-19(26)14-5-9-17(10-6-14)23-11-1-2-12-23/h1-12,20H,13H2,(H,22,26). The number of thioether (sulfide) groups is 1. The number of hydrazine groups is 1. The Hall–Kier alpha value is -2.51. The molecule has 1 aliphatic rings. The molecule has 0 spiro atoms. The van der Waals surface area contributed by atoms with Gasteiger partial charge in [0.1, 0.15) is 5.37 Å². The minimum Gasteiger partial charge on any atom is -0.324 e. The minimum absolute atomic E-state index is 0.106. The second kappa shape index (κ2) is 7.62. The normalized spacial score (nSPS) is 16.6. The van der Waals surface area contributed by atoms with Crippen LogP contribution < -0.4 is 5.43 Å². The Kier molecular flexibility index (Phi) is 5.05. The summed E-state index contributed by atoms with van der Waals surface area (Å²) >= 11 is 4.91. The number of carbonyl (C=O) groups is 2. The Morgan fingerprint density at radius 1 is 1.04 bits per heavy atom. The van der Waals surface area contributed by atoms with Gasteiger partial charge in [-0.15, -0.1) is 11.8 Å². The first-order valence-electron chi connectivity index (χ1n) is 8.35. The summed E-state index contributed by atoms with van der Waals surface area (Å²) < 4.78 is 2.94. The largest absolute Gasteiger partial charge is 0.324 e. The van der Waals surface area contributed by atoms with Gasteiger partial charge < -0.3 is 4.57 Å². The predicted molar refractivity (Wildman–Crippen MR) is 109 cm³/mol. The van der Waals surface area contributed by atoms with Crippen LogP contribution in [0.4, 0.5) is 0 Å². The molecule has 4 rings (SSSR count). The number of aromatic nitrogens is 1. The number of nitrogens with zero attached hydrogens (tertiary/aromatic N) is 2. The Morgan fingerprint density at radius 3 is 2.37 bits per heavy atom. The second-order valence-electron chi connectivity index (χ2n) is 6.06. The number of nitrogens with one attached hydrogen (secondary N) is 1. The zero-order valence-electron chi connectivity index (χ0n) is 14.2. The maximum atomic E-state index is 12.6. The Labute approximate surface area is 169 Å². The third kappa shape index (κ3) is 3.79. The quantitative estimate of drug-likeness (QED) is 0.661. The van der Waals surface area contributed by atoms with Gasteiger partial charge in [0.05, 0.1) is 5.75 Å². The lowest BCUT2D eigenvalue weighted by Gasteiger charge is -2.24. The first kappa shape index (κ1) is 17.9. The number of benzene rings is 2. The molecule has 0 radical (unpaired) electrons. The SMILES string of the molecule is O=C(NN1C(=O)CSC1c1ccc(Br)cc1)c1ccc(-n2cccc2)cc1. The van der Waals surface area contributed by atoms with Gasteiger partial charge in [-0.1, -0.05) is 28.1 Å². The molecule has 1 unspecified atom stereocenters. The molecule has 7 heteroatoms. The van der Waals surface area contributed by atoms with E-state index in [0.29, 0.717) is 11.3 Å².